The van der Waals surface area contributed by atoms with Gasteiger partial charge < -0.3 is 9.47 Å². The van der Waals surface area contributed by atoms with Gasteiger partial charge in [-0.2, -0.15) is 5.10 Å². The van der Waals surface area contributed by atoms with E-state index in [0.29, 0.717) is 6.54 Å². The van der Waals surface area contributed by atoms with Gasteiger partial charge in [-0.25, -0.2) is 9.59 Å². The van der Waals surface area contributed by atoms with Crippen molar-refractivity contribution in [3.63, 3.8) is 0 Å². The van der Waals surface area contributed by atoms with Crippen LogP contribution in [0.15, 0.2) is 36.5 Å². The zero-order valence-electron chi connectivity index (χ0n) is 11.2. The number of rotatable bonds is 4. The smallest absolute Gasteiger partial charge is 0.359 e. The lowest BCUT2D eigenvalue weighted by Gasteiger charge is -2.00. The Balaban J connectivity index is 2.34. The largest absolute Gasteiger partial charge is 0.465 e. The van der Waals surface area contributed by atoms with Crippen molar-refractivity contribution in [3.05, 3.63) is 53.3 Å². The lowest BCUT2D eigenvalue weighted by atomic mass is 10.2. The molecule has 0 radical (unpaired) electrons. The molecule has 0 saturated carbocycles. The van der Waals surface area contributed by atoms with E-state index in [9.17, 15) is 9.59 Å². The maximum atomic E-state index is 11.6. The summed E-state index contributed by atoms with van der Waals surface area (Å²) in [5.41, 5.74) is 1.05. The van der Waals surface area contributed by atoms with Crippen LogP contribution in [0.3, 0.4) is 0 Å². The highest BCUT2D eigenvalue weighted by atomic mass is 16.5. The molecule has 1 heterocycles. The van der Waals surface area contributed by atoms with Gasteiger partial charge in [-0.15, -0.1) is 0 Å². The number of hydrogen-bond donors (Lipinski definition) is 0. The van der Waals surface area contributed by atoms with E-state index in [2.05, 4.69) is 14.6 Å². The molecule has 2 aromatic rings. The minimum absolute atomic E-state index is 0.0460. The van der Waals surface area contributed by atoms with Crippen LogP contribution in [0.2, 0.25) is 0 Å². The van der Waals surface area contributed by atoms with Gasteiger partial charge in [-0.3, -0.25) is 4.68 Å². The third-order valence-electron chi connectivity index (χ3n) is 2.73. The van der Waals surface area contributed by atoms with Gasteiger partial charge in [0, 0.05) is 6.20 Å². The molecule has 1 aromatic carbocycles. The van der Waals surface area contributed by atoms with Crippen LogP contribution in [-0.2, 0) is 16.0 Å². The fraction of sp³-hybridized carbons (Fsp3) is 0.214. The summed E-state index contributed by atoms with van der Waals surface area (Å²) in [5, 5.41) is 4.09. The Hall–Kier alpha value is -2.63. The summed E-state index contributed by atoms with van der Waals surface area (Å²) in [7, 11) is 2.48. The molecule has 0 spiro atoms. The summed E-state index contributed by atoms with van der Waals surface area (Å²) >= 11 is 0. The number of aromatic nitrogens is 2. The fourth-order valence-corrected chi connectivity index (χ4v) is 1.78. The molecule has 104 valence electrons. The van der Waals surface area contributed by atoms with Gasteiger partial charge in [-0.1, -0.05) is 30.3 Å². The van der Waals surface area contributed by atoms with E-state index in [4.69, 9.17) is 0 Å². The molecule has 0 atom stereocenters. The predicted octanol–water partition coefficient (Wildman–Crippen LogP) is 1.50. The molecule has 0 aliphatic carbocycles. The van der Waals surface area contributed by atoms with Crippen molar-refractivity contribution in [2.24, 2.45) is 0 Å². The first-order valence-corrected chi connectivity index (χ1v) is 5.93. The molecule has 0 amide bonds. The highest BCUT2D eigenvalue weighted by Crippen LogP contribution is 2.12. The maximum Gasteiger partial charge on any atom is 0.359 e. The van der Waals surface area contributed by atoms with Crippen LogP contribution in [0, 0.1) is 0 Å². The molecule has 6 heteroatoms. The van der Waals surface area contributed by atoms with Crippen LogP contribution < -0.4 is 0 Å². The van der Waals surface area contributed by atoms with E-state index in [-0.39, 0.29) is 11.3 Å². The third-order valence-corrected chi connectivity index (χ3v) is 2.73. The van der Waals surface area contributed by atoms with Crippen LogP contribution in [0.25, 0.3) is 0 Å². The number of hydrogen-bond acceptors (Lipinski definition) is 5. The average Bonchev–Trinajstić information content (AvgIpc) is 2.90. The number of esters is 2. The van der Waals surface area contributed by atoms with Gasteiger partial charge in [0.05, 0.1) is 20.8 Å². The van der Waals surface area contributed by atoms with Crippen LogP contribution in [-0.4, -0.2) is 35.9 Å². The van der Waals surface area contributed by atoms with Gasteiger partial charge in [-0.05, 0) is 5.56 Å². The second kappa shape index (κ2) is 6.01. The first-order valence-electron chi connectivity index (χ1n) is 5.93. The first-order chi connectivity index (χ1) is 9.65. The van der Waals surface area contributed by atoms with E-state index in [1.54, 1.807) is 0 Å². The molecule has 1 aromatic heterocycles. The number of ether oxygens (including phenoxy) is 2. The monoisotopic (exact) mass is 274 g/mol. The van der Waals surface area contributed by atoms with Crippen molar-refractivity contribution in [1.82, 2.24) is 9.78 Å². The lowest BCUT2D eigenvalue weighted by molar-refractivity contribution is 0.0552. The number of nitrogens with zero attached hydrogens (tertiary/aromatic N) is 2. The van der Waals surface area contributed by atoms with Gasteiger partial charge in [0.2, 0.25) is 0 Å². The molecule has 0 aliphatic heterocycles. The topological polar surface area (TPSA) is 70.4 Å². The minimum Gasteiger partial charge on any atom is -0.465 e. The average molecular weight is 274 g/mol. The van der Waals surface area contributed by atoms with Gasteiger partial charge in [0.1, 0.15) is 5.56 Å². The number of benzene rings is 1. The van der Waals surface area contributed by atoms with Crippen molar-refractivity contribution < 1.29 is 19.1 Å². The zero-order valence-corrected chi connectivity index (χ0v) is 11.2. The summed E-state index contributed by atoms with van der Waals surface area (Å²) in [6, 6.07) is 9.57. The van der Waals surface area contributed by atoms with Crippen LogP contribution in [0.5, 0.6) is 0 Å². The molecular formula is C14H14N2O4. The maximum absolute atomic E-state index is 11.6. The van der Waals surface area contributed by atoms with Gasteiger partial charge in [0.25, 0.3) is 0 Å². The number of carbonyl (C=O) groups excluding carboxylic acids is 2. The quantitative estimate of drug-likeness (QED) is 0.790. The normalized spacial score (nSPS) is 10.1. The highest BCUT2D eigenvalue weighted by Gasteiger charge is 2.23. The molecule has 6 nitrogen and oxygen atoms in total. The second-order valence-electron chi connectivity index (χ2n) is 4.06. The van der Waals surface area contributed by atoms with E-state index >= 15 is 0 Å². The summed E-state index contributed by atoms with van der Waals surface area (Å²) in [6.45, 7) is 0.446. The Kier molecular flexibility index (Phi) is 4.14. The standard InChI is InChI=1S/C14H14N2O4/c1-19-13(17)11-9-16(15-12(11)14(18)20-2)8-10-6-4-3-5-7-10/h3-7,9H,8H2,1-2H3. The lowest BCUT2D eigenvalue weighted by Crippen LogP contribution is -2.10. The van der Waals surface area contributed by atoms with E-state index in [0.717, 1.165) is 5.56 Å². The molecule has 0 unspecified atom stereocenters. The van der Waals surface area contributed by atoms with Crippen molar-refractivity contribution in [2.45, 2.75) is 6.54 Å². The van der Waals surface area contributed by atoms with Gasteiger partial charge >= 0.3 is 11.9 Å². The molecule has 0 aliphatic rings. The SMILES string of the molecule is COC(=O)c1cn(Cc2ccccc2)nc1C(=O)OC. The Morgan fingerprint density at radius 1 is 1.10 bits per heavy atom. The minimum atomic E-state index is -0.669. The molecule has 2 rings (SSSR count). The predicted molar refractivity (Wildman–Crippen MR) is 70.5 cm³/mol. The fourth-order valence-electron chi connectivity index (χ4n) is 1.78. The molecule has 0 bridgehead atoms. The summed E-state index contributed by atoms with van der Waals surface area (Å²) < 4.78 is 10.8. The Morgan fingerprint density at radius 3 is 2.35 bits per heavy atom. The molecule has 20 heavy (non-hydrogen) atoms. The summed E-state index contributed by atoms with van der Waals surface area (Å²) in [5.74, 6) is -1.29. The van der Waals surface area contributed by atoms with Crippen molar-refractivity contribution in [2.75, 3.05) is 14.2 Å². The van der Waals surface area contributed by atoms with E-state index in [1.165, 1.54) is 25.1 Å². The number of carbonyl (C=O) groups is 2. The van der Waals surface area contributed by atoms with Crippen LogP contribution in [0.4, 0.5) is 0 Å². The molecule has 0 saturated heterocycles. The van der Waals surface area contributed by atoms with Crippen LogP contribution in [0.1, 0.15) is 26.4 Å². The van der Waals surface area contributed by atoms with Crippen molar-refractivity contribution >= 4 is 11.9 Å². The second-order valence-corrected chi connectivity index (χ2v) is 4.06. The number of methoxy groups -OCH3 is 2. The zero-order chi connectivity index (χ0) is 14.5. The van der Waals surface area contributed by atoms with E-state index in [1.807, 2.05) is 30.3 Å². The Morgan fingerprint density at radius 2 is 1.75 bits per heavy atom. The molecule has 0 N–H and O–H groups in total. The third kappa shape index (κ3) is 2.85. The Bertz CT molecular complexity index is 586. The molecular weight excluding hydrogens is 260 g/mol. The van der Waals surface area contributed by atoms with Crippen molar-refractivity contribution in [3.8, 4) is 0 Å². The van der Waals surface area contributed by atoms with Crippen molar-refractivity contribution in [1.29, 1.82) is 0 Å². The molecule has 0 fully saturated rings. The van der Waals surface area contributed by atoms with E-state index < -0.39 is 11.9 Å². The van der Waals surface area contributed by atoms with Crippen LogP contribution >= 0.6 is 0 Å². The summed E-state index contributed by atoms with van der Waals surface area (Å²) in [6.07, 6.45) is 1.48. The summed E-state index contributed by atoms with van der Waals surface area (Å²) in [4.78, 5) is 23.3. The Labute approximate surface area is 115 Å². The first kappa shape index (κ1) is 13.8. The van der Waals surface area contributed by atoms with Gasteiger partial charge in [0.15, 0.2) is 5.69 Å². The highest BCUT2D eigenvalue weighted by molar-refractivity contribution is 6.01.